The molecule has 0 spiro atoms. The molecule has 12 heavy (non-hydrogen) atoms. The summed E-state index contributed by atoms with van der Waals surface area (Å²) >= 11 is 5.47. The van der Waals surface area contributed by atoms with E-state index in [4.69, 9.17) is 16.7 Å². The summed E-state index contributed by atoms with van der Waals surface area (Å²) in [6.45, 7) is 0. The molecule has 0 amide bonds. The lowest BCUT2D eigenvalue weighted by molar-refractivity contribution is -0.131. The zero-order chi connectivity index (χ0) is 9.30. The van der Waals surface area contributed by atoms with Gasteiger partial charge in [-0.1, -0.05) is 11.6 Å². The van der Waals surface area contributed by atoms with Crippen molar-refractivity contribution < 1.29 is 14.7 Å². The number of carbonyl (C=O) groups is 2. The second-order valence-corrected chi connectivity index (χ2v) is 2.49. The molecule has 64 valence electrons. The molecule has 0 aliphatic carbocycles. The van der Waals surface area contributed by atoms with Crippen molar-refractivity contribution in [3.05, 3.63) is 17.2 Å². The minimum Gasteiger partial charge on any atom is -0.475 e. The molecule has 6 heteroatoms. The van der Waals surface area contributed by atoms with E-state index in [2.05, 4.69) is 4.98 Å². The van der Waals surface area contributed by atoms with Crippen LogP contribution < -0.4 is 0 Å². The topological polar surface area (TPSA) is 72.2 Å². The number of nitrogens with zero attached hydrogens (tertiary/aromatic N) is 2. The number of hydrogen-bond acceptors (Lipinski definition) is 3. The van der Waals surface area contributed by atoms with E-state index in [1.165, 1.54) is 17.9 Å². The van der Waals surface area contributed by atoms with Crippen LogP contribution in [0.4, 0.5) is 0 Å². The van der Waals surface area contributed by atoms with Gasteiger partial charge >= 0.3 is 5.97 Å². The maximum Gasteiger partial charge on any atom is 0.378 e. The first kappa shape index (κ1) is 8.73. The van der Waals surface area contributed by atoms with Crippen molar-refractivity contribution in [2.24, 2.45) is 7.05 Å². The van der Waals surface area contributed by atoms with E-state index in [9.17, 15) is 9.59 Å². The van der Waals surface area contributed by atoms with Crippen LogP contribution in [-0.4, -0.2) is 26.4 Å². The quantitative estimate of drug-likeness (QED) is 0.537. The van der Waals surface area contributed by atoms with Crippen LogP contribution in [-0.2, 0) is 11.8 Å². The predicted octanol–water partition coefficient (Wildman–Crippen LogP) is 0.341. The number of Topliss-reactive ketones (excluding diaryl/α,β-unsaturated/α-hetero) is 1. The number of rotatable bonds is 2. The SMILES string of the molecule is Cn1cnc(Cl)c1C(=O)C(=O)O. The number of ketones is 1. The standard InChI is InChI=1S/C6H5ClN2O3/c1-9-2-8-5(7)3(9)4(10)6(11)12/h2H,1H3,(H,11,12). The summed E-state index contributed by atoms with van der Waals surface area (Å²) in [6.07, 6.45) is 1.28. The molecule has 0 atom stereocenters. The maximum atomic E-state index is 10.9. The van der Waals surface area contributed by atoms with Gasteiger partial charge in [0.25, 0.3) is 5.78 Å². The summed E-state index contributed by atoms with van der Waals surface area (Å²) in [6, 6.07) is 0. The molecule has 0 saturated heterocycles. The molecule has 0 fully saturated rings. The predicted molar refractivity (Wildman–Crippen MR) is 40.2 cm³/mol. The Kier molecular flexibility index (Phi) is 2.14. The van der Waals surface area contributed by atoms with Crippen molar-refractivity contribution in [2.45, 2.75) is 0 Å². The van der Waals surface area contributed by atoms with Gasteiger partial charge in [0.15, 0.2) is 5.15 Å². The molecule has 0 unspecified atom stereocenters. The smallest absolute Gasteiger partial charge is 0.378 e. The summed E-state index contributed by atoms with van der Waals surface area (Å²) in [5.74, 6) is -2.60. The highest BCUT2D eigenvalue weighted by Crippen LogP contribution is 2.12. The number of aryl methyl sites for hydroxylation is 1. The van der Waals surface area contributed by atoms with Gasteiger partial charge in [-0.25, -0.2) is 9.78 Å². The Bertz CT molecular complexity index is 325. The molecule has 1 N–H and O–H groups in total. The minimum atomic E-state index is -1.54. The fraction of sp³-hybridized carbons (Fsp3) is 0.167. The number of imidazole rings is 1. The molecule has 1 aromatic heterocycles. The second kappa shape index (κ2) is 2.94. The number of hydrogen-bond donors (Lipinski definition) is 1. The van der Waals surface area contributed by atoms with Gasteiger partial charge in [0.1, 0.15) is 5.69 Å². The van der Waals surface area contributed by atoms with Crippen LogP contribution in [0.1, 0.15) is 10.5 Å². The normalized spacial score (nSPS) is 9.83. The van der Waals surface area contributed by atoms with Gasteiger partial charge in [0, 0.05) is 7.05 Å². The van der Waals surface area contributed by atoms with Crippen molar-refractivity contribution in [2.75, 3.05) is 0 Å². The molecule has 0 saturated carbocycles. The second-order valence-electron chi connectivity index (χ2n) is 2.13. The average Bonchev–Trinajstić information content (AvgIpc) is 2.30. The van der Waals surface area contributed by atoms with E-state index < -0.39 is 11.8 Å². The summed E-state index contributed by atoms with van der Waals surface area (Å²) in [7, 11) is 1.50. The molecule has 0 aliphatic heterocycles. The number of carbonyl (C=O) groups excluding carboxylic acids is 1. The number of aliphatic carboxylic acids is 1. The van der Waals surface area contributed by atoms with Gasteiger partial charge in [-0.05, 0) is 0 Å². The van der Waals surface area contributed by atoms with Gasteiger partial charge in [0.2, 0.25) is 0 Å². The highest BCUT2D eigenvalue weighted by atomic mass is 35.5. The van der Waals surface area contributed by atoms with E-state index in [1.807, 2.05) is 0 Å². The first-order chi connectivity index (χ1) is 5.54. The largest absolute Gasteiger partial charge is 0.475 e. The molecule has 5 nitrogen and oxygen atoms in total. The summed E-state index contributed by atoms with van der Waals surface area (Å²) in [5.41, 5.74) is -0.107. The number of carboxylic acids is 1. The van der Waals surface area contributed by atoms with Crippen LogP contribution in [0.15, 0.2) is 6.33 Å². The Hall–Kier alpha value is -1.36. The molecule has 0 aliphatic rings. The molecule has 1 heterocycles. The van der Waals surface area contributed by atoms with Crippen molar-refractivity contribution in [1.82, 2.24) is 9.55 Å². The number of halogens is 1. The monoisotopic (exact) mass is 188 g/mol. The van der Waals surface area contributed by atoms with E-state index >= 15 is 0 Å². The Balaban J connectivity index is 3.18. The van der Waals surface area contributed by atoms with Crippen LogP contribution in [0.5, 0.6) is 0 Å². The Morgan fingerprint density at radius 2 is 2.25 bits per heavy atom. The van der Waals surface area contributed by atoms with Gasteiger partial charge in [-0.2, -0.15) is 0 Å². The van der Waals surface area contributed by atoms with Gasteiger partial charge < -0.3 is 9.67 Å². The molecule has 1 rings (SSSR count). The van der Waals surface area contributed by atoms with Crippen LogP contribution in [0.25, 0.3) is 0 Å². The van der Waals surface area contributed by atoms with Crippen LogP contribution in [0.2, 0.25) is 5.15 Å². The van der Waals surface area contributed by atoms with E-state index in [0.29, 0.717) is 0 Å². The lowest BCUT2D eigenvalue weighted by Crippen LogP contribution is -2.16. The molecule has 0 bridgehead atoms. The summed E-state index contributed by atoms with van der Waals surface area (Å²) in [4.78, 5) is 24.7. The lowest BCUT2D eigenvalue weighted by atomic mass is 10.3. The molecule has 0 aromatic carbocycles. The van der Waals surface area contributed by atoms with Crippen molar-refractivity contribution in [3.63, 3.8) is 0 Å². The summed E-state index contributed by atoms with van der Waals surface area (Å²) < 4.78 is 1.26. The van der Waals surface area contributed by atoms with Gasteiger partial charge in [0.05, 0.1) is 6.33 Å². The van der Waals surface area contributed by atoms with E-state index in [1.54, 1.807) is 0 Å². The fourth-order valence-corrected chi connectivity index (χ4v) is 1.02. The third-order valence-electron chi connectivity index (χ3n) is 1.30. The van der Waals surface area contributed by atoms with Crippen LogP contribution >= 0.6 is 11.6 Å². The first-order valence-corrected chi connectivity index (χ1v) is 3.36. The number of carboxylic acid groups (broad SMARTS) is 1. The van der Waals surface area contributed by atoms with Crippen molar-refractivity contribution >= 4 is 23.4 Å². The molecular formula is C6H5ClN2O3. The van der Waals surface area contributed by atoms with E-state index in [0.717, 1.165) is 0 Å². The van der Waals surface area contributed by atoms with Crippen molar-refractivity contribution in [1.29, 1.82) is 0 Å². The van der Waals surface area contributed by atoms with Gasteiger partial charge in [-0.15, -0.1) is 0 Å². The Morgan fingerprint density at radius 1 is 1.67 bits per heavy atom. The zero-order valence-electron chi connectivity index (χ0n) is 6.11. The third kappa shape index (κ3) is 1.31. The van der Waals surface area contributed by atoms with Crippen LogP contribution in [0.3, 0.4) is 0 Å². The average molecular weight is 189 g/mol. The van der Waals surface area contributed by atoms with Crippen LogP contribution in [0, 0.1) is 0 Å². The lowest BCUT2D eigenvalue weighted by Gasteiger charge is -1.95. The summed E-state index contributed by atoms with van der Waals surface area (Å²) in [5, 5.41) is 8.26. The maximum absolute atomic E-state index is 10.9. The highest BCUT2D eigenvalue weighted by molar-refractivity contribution is 6.44. The van der Waals surface area contributed by atoms with Crippen molar-refractivity contribution in [3.8, 4) is 0 Å². The van der Waals surface area contributed by atoms with E-state index in [-0.39, 0.29) is 10.8 Å². The third-order valence-corrected chi connectivity index (χ3v) is 1.58. The minimum absolute atomic E-state index is 0.0927. The molecule has 0 radical (unpaired) electrons. The Labute approximate surface area is 72.6 Å². The number of aromatic nitrogens is 2. The molecule has 1 aromatic rings. The zero-order valence-corrected chi connectivity index (χ0v) is 6.87. The highest BCUT2D eigenvalue weighted by Gasteiger charge is 2.21. The first-order valence-electron chi connectivity index (χ1n) is 2.98. The Morgan fingerprint density at radius 3 is 2.58 bits per heavy atom. The molecular weight excluding hydrogens is 184 g/mol. The van der Waals surface area contributed by atoms with Gasteiger partial charge in [-0.3, -0.25) is 4.79 Å². The fourth-order valence-electron chi connectivity index (χ4n) is 0.757.